The van der Waals surface area contributed by atoms with Gasteiger partial charge in [0.05, 0.1) is 17.9 Å². The third-order valence-electron chi connectivity index (χ3n) is 7.98. The Morgan fingerprint density at radius 1 is 1.18 bits per heavy atom. The van der Waals surface area contributed by atoms with Crippen LogP contribution in [0, 0.1) is 5.82 Å². The van der Waals surface area contributed by atoms with Crippen LogP contribution in [0.5, 0.6) is 5.75 Å². The van der Waals surface area contributed by atoms with E-state index in [4.69, 9.17) is 20.0 Å². The summed E-state index contributed by atoms with van der Waals surface area (Å²) in [6.07, 6.45) is 6.63. The van der Waals surface area contributed by atoms with Crippen molar-refractivity contribution in [2.75, 3.05) is 12.8 Å². The highest BCUT2D eigenvalue weighted by atomic mass is 19.1. The van der Waals surface area contributed by atoms with Crippen LogP contribution < -0.4 is 21.4 Å². The van der Waals surface area contributed by atoms with Gasteiger partial charge in [0.2, 0.25) is 0 Å². The number of nitrogens with one attached hydrogen (secondary N) is 1. The molecule has 3 aromatic heterocycles. The third-order valence-corrected chi connectivity index (χ3v) is 7.98. The summed E-state index contributed by atoms with van der Waals surface area (Å²) in [5, 5.41) is 10.4. The summed E-state index contributed by atoms with van der Waals surface area (Å²) in [6.45, 7) is 1.91. The van der Waals surface area contributed by atoms with Gasteiger partial charge in [0.1, 0.15) is 41.2 Å². The van der Waals surface area contributed by atoms with Crippen molar-refractivity contribution < 1.29 is 13.5 Å². The Bertz CT molecular complexity index is 1890. The largest absolute Gasteiger partial charge is 0.497 e. The summed E-state index contributed by atoms with van der Waals surface area (Å²) in [4.78, 5) is 21.9. The number of aromatic nitrogens is 4. The second kappa shape index (κ2) is 9.27. The Labute approximate surface area is 228 Å². The molecule has 40 heavy (non-hydrogen) atoms. The molecule has 5 heterocycles. The standard InChI is InChI=1S/C30H27FN6O3/c1-15(37-29-25(28(32)33-14-34-29)26(36-37)17-9-18(31)13-21(12-17)39-2)27-24(16-10-19-7-8-20(11-16)35-19)22-5-3-4-6-23(22)30(38)40-27/h3-6,9-10,12-15,19-20,35H,7-8,11H2,1-2H3,(H2,32,33,34). The maximum absolute atomic E-state index is 14.5. The van der Waals surface area contributed by atoms with E-state index in [-0.39, 0.29) is 11.9 Å². The molecule has 10 heteroatoms. The molecule has 0 spiro atoms. The van der Waals surface area contributed by atoms with Crippen molar-refractivity contribution in [1.29, 1.82) is 0 Å². The van der Waals surface area contributed by atoms with Crippen LogP contribution in [-0.4, -0.2) is 38.9 Å². The molecular weight excluding hydrogens is 511 g/mol. The molecule has 3 N–H and O–H groups in total. The lowest BCUT2D eigenvalue weighted by atomic mass is 9.90. The molecule has 7 rings (SSSR count). The van der Waals surface area contributed by atoms with Crippen molar-refractivity contribution in [2.24, 2.45) is 0 Å². The zero-order valence-corrected chi connectivity index (χ0v) is 22.0. The van der Waals surface area contributed by atoms with Gasteiger partial charge >= 0.3 is 5.63 Å². The van der Waals surface area contributed by atoms with Crippen LogP contribution in [0.1, 0.15) is 43.6 Å². The predicted octanol–water partition coefficient (Wildman–Crippen LogP) is 4.85. The number of hydrogen-bond acceptors (Lipinski definition) is 8. The van der Waals surface area contributed by atoms with Gasteiger partial charge in [-0.2, -0.15) is 5.10 Å². The van der Waals surface area contributed by atoms with E-state index in [1.807, 2.05) is 25.1 Å². The Kier molecular flexibility index (Phi) is 5.67. The average Bonchev–Trinajstić information content (AvgIpc) is 3.52. The van der Waals surface area contributed by atoms with E-state index >= 15 is 0 Å². The number of fused-ring (bicyclic) bond motifs is 4. The van der Waals surface area contributed by atoms with Gasteiger partial charge in [0.15, 0.2) is 5.65 Å². The smallest absolute Gasteiger partial charge is 0.343 e. The summed E-state index contributed by atoms with van der Waals surface area (Å²) in [5.74, 6) is 0.563. The number of nitrogen functional groups attached to an aromatic ring is 1. The molecule has 2 aromatic carbocycles. The first kappa shape index (κ1) is 24.5. The summed E-state index contributed by atoms with van der Waals surface area (Å²) in [7, 11) is 1.47. The van der Waals surface area contributed by atoms with E-state index in [1.54, 1.807) is 16.8 Å². The minimum absolute atomic E-state index is 0.208. The number of benzene rings is 2. The number of hydrogen-bond donors (Lipinski definition) is 2. The first-order chi connectivity index (χ1) is 19.4. The molecule has 0 aliphatic carbocycles. The summed E-state index contributed by atoms with van der Waals surface area (Å²) >= 11 is 0. The minimum atomic E-state index is -0.554. The van der Waals surface area contributed by atoms with Gasteiger partial charge < -0.3 is 20.2 Å². The maximum atomic E-state index is 14.5. The second-order valence-electron chi connectivity index (χ2n) is 10.4. The highest BCUT2D eigenvalue weighted by molar-refractivity contribution is 5.99. The normalized spacial score (nSPS) is 19.2. The van der Waals surface area contributed by atoms with Crippen molar-refractivity contribution in [3.63, 3.8) is 0 Å². The lowest BCUT2D eigenvalue weighted by Crippen LogP contribution is -2.32. The SMILES string of the molecule is COc1cc(F)cc(-c2nn(C(C)c3oc(=O)c4ccccc4c3C3=CC4CCC(C3)N4)c3ncnc(N)c23)c1. The number of rotatable bonds is 5. The van der Waals surface area contributed by atoms with Crippen LogP contribution in [0.4, 0.5) is 10.2 Å². The molecule has 2 aliphatic rings. The summed E-state index contributed by atoms with van der Waals surface area (Å²) in [5.41, 5.74) is 9.27. The predicted molar refractivity (Wildman–Crippen MR) is 151 cm³/mol. The topological polar surface area (TPSA) is 121 Å². The average molecular weight is 539 g/mol. The number of halogens is 1. The number of ether oxygens (including phenoxy) is 1. The van der Waals surface area contributed by atoms with Crippen LogP contribution in [0.25, 0.3) is 38.6 Å². The Morgan fingerprint density at radius 3 is 2.80 bits per heavy atom. The number of nitrogens with zero attached hydrogens (tertiary/aromatic N) is 4. The third kappa shape index (κ3) is 3.86. The molecule has 5 aromatic rings. The molecule has 0 amide bonds. The van der Waals surface area contributed by atoms with E-state index in [2.05, 4.69) is 21.4 Å². The van der Waals surface area contributed by atoms with E-state index in [0.717, 1.165) is 35.8 Å². The Morgan fingerprint density at radius 2 is 2.00 bits per heavy atom. The van der Waals surface area contributed by atoms with Crippen molar-refractivity contribution in [3.05, 3.63) is 82.4 Å². The van der Waals surface area contributed by atoms with E-state index in [1.165, 1.54) is 25.6 Å². The molecule has 2 aliphatic heterocycles. The van der Waals surface area contributed by atoms with Gasteiger partial charge in [0.25, 0.3) is 0 Å². The quantitative estimate of drug-likeness (QED) is 0.326. The monoisotopic (exact) mass is 538 g/mol. The van der Waals surface area contributed by atoms with E-state index in [0.29, 0.717) is 45.2 Å². The molecule has 0 radical (unpaired) electrons. The lowest BCUT2D eigenvalue weighted by Gasteiger charge is -2.25. The van der Waals surface area contributed by atoms with E-state index < -0.39 is 17.5 Å². The van der Waals surface area contributed by atoms with E-state index in [9.17, 15) is 9.18 Å². The van der Waals surface area contributed by atoms with Crippen LogP contribution in [0.3, 0.4) is 0 Å². The van der Waals surface area contributed by atoms with Gasteiger partial charge in [-0.05, 0) is 55.3 Å². The second-order valence-corrected chi connectivity index (χ2v) is 10.4. The van der Waals surface area contributed by atoms with Crippen LogP contribution in [-0.2, 0) is 0 Å². The first-order valence-electron chi connectivity index (χ1n) is 13.3. The molecule has 1 saturated heterocycles. The molecule has 2 bridgehead atoms. The van der Waals surface area contributed by atoms with Crippen LogP contribution in [0.15, 0.2) is 64.1 Å². The highest BCUT2D eigenvalue weighted by Crippen LogP contribution is 2.40. The lowest BCUT2D eigenvalue weighted by molar-refractivity contribution is 0.401. The summed E-state index contributed by atoms with van der Waals surface area (Å²) in [6, 6.07) is 12.0. The number of methoxy groups -OCH3 is 1. The zero-order valence-electron chi connectivity index (χ0n) is 22.0. The van der Waals surface area contributed by atoms with Gasteiger partial charge in [-0.25, -0.2) is 23.8 Å². The fourth-order valence-electron chi connectivity index (χ4n) is 6.14. The highest BCUT2D eigenvalue weighted by Gasteiger charge is 2.33. The van der Waals surface area contributed by atoms with Gasteiger partial charge in [-0.1, -0.05) is 24.3 Å². The summed E-state index contributed by atoms with van der Waals surface area (Å²) < 4.78 is 27.6. The van der Waals surface area contributed by atoms with Gasteiger partial charge in [0, 0.05) is 29.3 Å². The molecular formula is C30H27FN6O3. The maximum Gasteiger partial charge on any atom is 0.343 e. The van der Waals surface area contributed by atoms with Crippen molar-refractivity contribution in [3.8, 4) is 17.0 Å². The molecule has 0 saturated carbocycles. The Balaban J connectivity index is 1.47. The molecule has 202 valence electrons. The van der Waals surface area contributed by atoms with Gasteiger partial charge in [-0.15, -0.1) is 0 Å². The molecule has 1 fully saturated rings. The number of nitrogens with two attached hydrogens (primary N) is 1. The van der Waals surface area contributed by atoms with Crippen LogP contribution >= 0.6 is 0 Å². The van der Waals surface area contributed by atoms with Gasteiger partial charge in [-0.3, -0.25) is 0 Å². The van der Waals surface area contributed by atoms with Crippen molar-refractivity contribution in [1.82, 2.24) is 25.1 Å². The fraction of sp³-hybridized carbons (Fsp3) is 0.267. The molecule has 3 atom stereocenters. The number of anilines is 1. The Hall–Kier alpha value is -4.57. The zero-order chi connectivity index (χ0) is 27.5. The first-order valence-corrected chi connectivity index (χ1v) is 13.3. The van der Waals surface area contributed by atoms with Crippen molar-refractivity contribution >= 4 is 33.2 Å². The molecule has 9 nitrogen and oxygen atoms in total. The van der Waals surface area contributed by atoms with Crippen LogP contribution in [0.2, 0.25) is 0 Å². The minimum Gasteiger partial charge on any atom is -0.497 e. The molecule has 3 unspecified atom stereocenters. The van der Waals surface area contributed by atoms with Crippen molar-refractivity contribution in [2.45, 2.75) is 44.3 Å². The fourth-order valence-corrected chi connectivity index (χ4v) is 6.14.